The van der Waals surface area contributed by atoms with Crippen LogP contribution in [0.1, 0.15) is 20.3 Å². The maximum atomic E-state index is 12.1. The summed E-state index contributed by atoms with van der Waals surface area (Å²) in [6.07, 6.45) is 2.71. The van der Waals surface area contributed by atoms with E-state index in [2.05, 4.69) is 23.8 Å². The molecule has 1 fully saturated rings. The minimum absolute atomic E-state index is 0.0815. The molecule has 1 aliphatic rings. The summed E-state index contributed by atoms with van der Waals surface area (Å²) >= 11 is 0. The molecule has 2 N–H and O–H groups in total. The molecule has 0 bridgehead atoms. The molecule has 6 nitrogen and oxygen atoms in total. The Bertz CT molecular complexity index is 478. The molecule has 20 heavy (non-hydrogen) atoms. The fourth-order valence-electron chi connectivity index (χ4n) is 2.56. The molecule has 0 aromatic carbocycles. The van der Waals surface area contributed by atoms with Crippen LogP contribution >= 0.6 is 0 Å². The average Bonchev–Trinajstić information content (AvgIpc) is 2.97. The van der Waals surface area contributed by atoms with Crippen LogP contribution in [0.15, 0.2) is 17.1 Å². The Balaban J connectivity index is 2.07. The molecule has 0 radical (unpaired) electrons. The number of anilines is 1. The highest BCUT2D eigenvalue weighted by Gasteiger charge is 2.23. The summed E-state index contributed by atoms with van der Waals surface area (Å²) in [6, 6.07) is 1.56. The largest absolute Gasteiger partial charge is 0.381 e. The van der Waals surface area contributed by atoms with E-state index >= 15 is 0 Å². The van der Waals surface area contributed by atoms with Crippen LogP contribution in [0.5, 0.6) is 0 Å². The van der Waals surface area contributed by atoms with Crippen LogP contribution in [-0.4, -0.2) is 42.1 Å². The molecule has 1 aromatic rings. The van der Waals surface area contributed by atoms with E-state index in [-0.39, 0.29) is 11.6 Å². The third-order valence-electron chi connectivity index (χ3n) is 3.94. The maximum Gasteiger partial charge on any atom is 0.268 e. The Hall–Kier alpha value is -1.40. The first-order valence-electron chi connectivity index (χ1n) is 7.31. The van der Waals surface area contributed by atoms with Gasteiger partial charge in [0.2, 0.25) is 0 Å². The van der Waals surface area contributed by atoms with Crippen LogP contribution in [-0.2, 0) is 11.3 Å². The average molecular weight is 280 g/mol. The summed E-state index contributed by atoms with van der Waals surface area (Å²) in [5, 5.41) is 4.25. The van der Waals surface area contributed by atoms with Crippen molar-refractivity contribution < 1.29 is 4.74 Å². The van der Waals surface area contributed by atoms with Gasteiger partial charge in [0.1, 0.15) is 0 Å². The fraction of sp³-hybridized carbons (Fsp3) is 0.714. The van der Waals surface area contributed by atoms with Gasteiger partial charge in [0.25, 0.3) is 5.56 Å². The standard InChI is InChI=1S/C14H24N4O2/c1-3-17(4-2)12-7-14(19)18(16-8-12)9-13(15)11-5-6-20-10-11/h7-8,11,13H,3-6,9-10,15H2,1-2H3. The number of hydrogen-bond donors (Lipinski definition) is 1. The summed E-state index contributed by atoms with van der Waals surface area (Å²) in [4.78, 5) is 14.2. The van der Waals surface area contributed by atoms with Gasteiger partial charge < -0.3 is 15.4 Å². The first-order chi connectivity index (χ1) is 9.65. The topological polar surface area (TPSA) is 73.4 Å². The first kappa shape index (κ1) is 15.0. The van der Waals surface area contributed by atoms with Crippen LogP contribution in [0.3, 0.4) is 0 Å². The molecular formula is C14H24N4O2. The van der Waals surface area contributed by atoms with Gasteiger partial charge in [-0.3, -0.25) is 4.79 Å². The van der Waals surface area contributed by atoms with Gasteiger partial charge in [-0.25, -0.2) is 4.68 Å². The Morgan fingerprint density at radius 1 is 1.55 bits per heavy atom. The van der Waals surface area contributed by atoms with Gasteiger partial charge in [0.05, 0.1) is 25.0 Å². The Kier molecular flexibility index (Phi) is 5.14. The highest BCUT2D eigenvalue weighted by molar-refractivity contribution is 5.42. The van der Waals surface area contributed by atoms with Gasteiger partial charge >= 0.3 is 0 Å². The highest BCUT2D eigenvalue weighted by atomic mass is 16.5. The zero-order valence-electron chi connectivity index (χ0n) is 12.3. The molecule has 2 rings (SSSR count). The van der Waals surface area contributed by atoms with Gasteiger partial charge in [-0.05, 0) is 20.3 Å². The third-order valence-corrected chi connectivity index (χ3v) is 3.94. The lowest BCUT2D eigenvalue weighted by Crippen LogP contribution is -2.39. The highest BCUT2D eigenvalue weighted by Crippen LogP contribution is 2.16. The summed E-state index contributed by atoms with van der Waals surface area (Å²) in [5.41, 5.74) is 6.92. The van der Waals surface area contributed by atoms with E-state index in [1.54, 1.807) is 12.3 Å². The van der Waals surface area contributed by atoms with Gasteiger partial charge in [-0.2, -0.15) is 5.10 Å². The number of ether oxygens (including phenoxy) is 1. The molecule has 2 unspecified atom stereocenters. The lowest BCUT2D eigenvalue weighted by molar-refractivity contribution is 0.178. The summed E-state index contributed by atoms with van der Waals surface area (Å²) < 4.78 is 6.79. The van der Waals surface area contributed by atoms with Gasteiger partial charge in [-0.1, -0.05) is 0 Å². The number of hydrogen-bond acceptors (Lipinski definition) is 5. The van der Waals surface area contributed by atoms with Crippen molar-refractivity contribution in [3.63, 3.8) is 0 Å². The molecular weight excluding hydrogens is 256 g/mol. The number of aromatic nitrogens is 2. The molecule has 0 aliphatic carbocycles. The molecule has 2 atom stereocenters. The smallest absolute Gasteiger partial charge is 0.268 e. The quantitative estimate of drug-likeness (QED) is 0.819. The molecule has 1 saturated heterocycles. The molecule has 1 aromatic heterocycles. The minimum atomic E-state index is -0.0937. The predicted molar refractivity (Wildman–Crippen MR) is 79.0 cm³/mol. The molecule has 2 heterocycles. The van der Waals surface area contributed by atoms with Crippen molar-refractivity contribution in [2.75, 3.05) is 31.2 Å². The molecule has 0 amide bonds. The second-order valence-corrected chi connectivity index (χ2v) is 5.19. The molecule has 1 aliphatic heterocycles. The van der Waals surface area contributed by atoms with E-state index in [9.17, 15) is 4.79 Å². The van der Waals surface area contributed by atoms with E-state index in [0.29, 0.717) is 19.1 Å². The van der Waals surface area contributed by atoms with E-state index in [1.807, 2.05) is 0 Å². The first-order valence-corrected chi connectivity index (χ1v) is 7.31. The lowest BCUT2D eigenvalue weighted by atomic mass is 10.0. The number of nitrogens with zero attached hydrogens (tertiary/aromatic N) is 3. The Morgan fingerprint density at radius 3 is 2.85 bits per heavy atom. The number of rotatable bonds is 6. The second-order valence-electron chi connectivity index (χ2n) is 5.19. The fourth-order valence-corrected chi connectivity index (χ4v) is 2.56. The van der Waals surface area contributed by atoms with Crippen LogP contribution < -0.4 is 16.2 Å². The summed E-state index contributed by atoms with van der Waals surface area (Å²) in [6.45, 7) is 7.75. The number of nitrogens with two attached hydrogens (primary N) is 1. The van der Waals surface area contributed by atoms with E-state index in [0.717, 1.165) is 31.8 Å². The second kappa shape index (κ2) is 6.85. The van der Waals surface area contributed by atoms with Gasteiger partial charge in [0, 0.05) is 37.7 Å². The van der Waals surface area contributed by atoms with Crippen molar-refractivity contribution in [2.24, 2.45) is 11.7 Å². The summed E-state index contributed by atoms with van der Waals surface area (Å²) in [5.74, 6) is 0.325. The molecule has 0 saturated carbocycles. The SMILES string of the molecule is CCN(CC)c1cnn(CC(N)C2CCOC2)c(=O)c1. The van der Waals surface area contributed by atoms with Crippen molar-refractivity contribution in [2.45, 2.75) is 32.9 Å². The van der Waals surface area contributed by atoms with Crippen molar-refractivity contribution in [3.05, 3.63) is 22.6 Å². The maximum absolute atomic E-state index is 12.1. The predicted octanol–water partition coefficient (Wildman–Crippen LogP) is 0.453. The van der Waals surface area contributed by atoms with Crippen LogP contribution in [0.4, 0.5) is 5.69 Å². The monoisotopic (exact) mass is 280 g/mol. The van der Waals surface area contributed by atoms with Crippen molar-refractivity contribution >= 4 is 5.69 Å². The van der Waals surface area contributed by atoms with Crippen molar-refractivity contribution in [1.82, 2.24) is 9.78 Å². The molecule has 0 spiro atoms. The van der Waals surface area contributed by atoms with E-state index in [1.165, 1.54) is 4.68 Å². The zero-order chi connectivity index (χ0) is 14.5. The van der Waals surface area contributed by atoms with E-state index in [4.69, 9.17) is 10.5 Å². The van der Waals surface area contributed by atoms with Crippen molar-refractivity contribution in [3.8, 4) is 0 Å². The van der Waals surface area contributed by atoms with Crippen LogP contribution in [0, 0.1) is 5.92 Å². The summed E-state index contributed by atoms with van der Waals surface area (Å²) in [7, 11) is 0. The lowest BCUT2D eigenvalue weighted by Gasteiger charge is -2.21. The third kappa shape index (κ3) is 3.37. The van der Waals surface area contributed by atoms with Gasteiger partial charge in [-0.15, -0.1) is 0 Å². The van der Waals surface area contributed by atoms with Crippen LogP contribution in [0.2, 0.25) is 0 Å². The Morgan fingerprint density at radius 2 is 2.30 bits per heavy atom. The Labute approximate surface area is 119 Å². The van der Waals surface area contributed by atoms with E-state index < -0.39 is 0 Å². The van der Waals surface area contributed by atoms with Gasteiger partial charge in [0.15, 0.2) is 0 Å². The van der Waals surface area contributed by atoms with Crippen molar-refractivity contribution in [1.29, 1.82) is 0 Å². The molecule has 6 heteroatoms. The van der Waals surface area contributed by atoms with Crippen LogP contribution in [0.25, 0.3) is 0 Å². The zero-order valence-corrected chi connectivity index (χ0v) is 12.3. The molecule has 112 valence electrons. The minimum Gasteiger partial charge on any atom is -0.381 e. The normalized spacial score (nSPS) is 20.1.